The molecular weight excluding hydrogens is 564 g/mol. The average molecular weight is 603 g/mol. The maximum atomic E-state index is 14.3. The van der Waals surface area contributed by atoms with Gasteiger partial charge in [0, 0.05) is 53.9 Å². The third-order valence-corrected chi connectivity index (χ3v) is 10.6. The van der Waals surface area contributed by atoms with E-state index in [1.165, 1.54) is 11.6 Å². The molecule has 2 heterocycles. The summed E-state index contributed by atoms with van der Waals surface area (Å²) in [7, 11) is 0. The zero-order valence-electron chi connectivity index (χ0n) is 25.6. The van der Waals surface area contributed by atoms with E-state index in [2.05, 4.69) is 23.6 Å². The van der Waals surface area contributed by atoms with E-state index in [0.717, 1.165) is 38.0 Å². The molecule has 0 saturated carbocycles. The van der Waals surface area contributed by atoms with Gasteiger partial charge < -0.3 is 5.11 Å². The highest BCUT2D eigenvalue weighted by Gasteiger charge is 2.57. The zero-order chi connectivity index (χ0) is 31.4. The number of phenols is 1. The summed E-state index contributed by atoms with van der Waals surface area (Å²) < 4.78 is 0. The number of rotatable bonds is 6. The molecule has 2 aliphatic heterocycles. The van der Waals surface area contributed by atoms with Gasteiger partial charge in [0.15, 0.2) is 11.6 Å². The maximum Gasteiger partial charge on any atom is 0.233 e. The van der Waals surface area contributed by atoms with Crippen molar-refractivity contribution in [3.8, 4) is 5.75 Å². The first kappa shape index (κ1) is 29.4. The molecule has 2 aromatic rings. The van der Waals surface area contributed by atoms with Crippen molar-refractivity contribution in [2.45, 2.75) is 57.5 Å². The van der Waals surface area contributed by atoms with E-state index in [1.807, 2.05) is 36.4 Å². The highest BCUT2D eigenvalue weighted by atomic mass is 16.3. The first-order chi connectivity index (χ1) is 21.8. The quantitative estimate of drug-likeness (QED) is 0.277. The van der Waals surface area contributed by atoms with Crippen LogP contribution in [0.5, 0.6) is 5.75 Å². The number of piperidine rings is 1. The minimum Gasteiger partial charge on any atom is -0.507 e. The zero-order valence-corrected chi connectivity index (χ0v) is 25.6. The molecule has 7 heteroatoms. The molecular formula is C38H38N2O5. The fourth-order valence-electron chi connectivity index (χ4n) is 8.46. The molecule has 3 aliphatic carbocycles. The van der Waals surface area contributed by atoms with Gasteiger partial charge in [0.05, 0.1) is 11.8 Å². The summed E-state index contributed by atoms with van der Waals surface area (Å²) in [5.74, 6) is -2.78. The number of likely N-dealkylation sites (tertiary alicyclic amines) is 2. The van der Waals surface area contributed by atoms with Crippen molar-refractivity contribution in [1.29, 1.82) is 0 Å². The molecule has 0 bridgehead atoms. The van der Waals surface area contributed by atoms with Crippen LogP contribution in [0.1, 0.15) is 55.2 Å². The van der Waals surface area contributed by atoms with Gasteiger partial charge in [0.1, 0.15) is 5.75 Å². The van der Waals surface area contributed by atoms with E-state index in [9.17, 15) is 24.3 Å². The van der Waals surface area contributed by atoms with E-state index in [0.29, 0.717) is 40.7 Å². The fraction of sp³-hybridized carbons (Fsp3) is 0.368. The molecule has 7 rings (SSSR count). The number of nitrogens with zero attached hydrogens (tertiary/aromatic N) is 2. The van der Waals surface area contributed by atoms with Gasteiger partial charge in [0.25, 0.3) is 0 Å². The first-order valence-corrected chi connectivity index (χ1v) is 16.0. The van der Waals surface area contributed by atoms with E-state index in [1.54, 1.807) is 24.0 Å². The monoisotopic (exact) mass is 602 g/mol. The second-order valence-electron chi connectivity index (χ2n) is 13.1. The molecule has 2 aromatic carbocycles. The number of hydrogen-bond donors (Lipinski definition) is 1. The highest BCUT2D eigenvalue weighted by molar-refractivity contribution is 6.23. The van der Waals surface area contributed by atoms with Gasteiger partial charge in [-0.25, -0.2) is 0 Å². The summed E-state index contributed by atoms with van der Waals surface area (Å²) in [5, 5.41) is 11.4. The topological polar surface area (TPSA) is 95.0 Å². The van der Waals surface area contributed by atoms with Crippen molar-refractivity contribution in [3.05, 3.63) is 112 Å². The highest BCUT2D eigenvalue weighted by Crippen LogP contribution is 2.56. The lowest BCUT2D eigenvalue weighted by Gasteiger charge is -2.42. The number of Topliss-reactive ketones (excluding diaryl/α,β-unsaturated/α-hetero) is 1. The van der Waals surface area contributed by atoms with Crippen LogP contribution in [0.25, 0.3) is 0 Å². The molecule has 2 fully saturated rings. The number of amides is 2. The Morgan fingerprint density at radius 2 is 1.71 bits per heavy atom. The van der Waals surface area contributed by atoms with Crippen LogP contribution in [0.3, 0.4) is 0 Å². The fourth-order valence-corrected chi connectivity index (χ4v) is 8.46. The Morgan fingerprint density at radius 1 is 0.956 bits per heavy atom. The Balaban J connectivity index is 1.20. The Bertz CT molecular complexity index is 1710. The molecule has 0 spiro atoms. The SMILES string of the molecule is C=CCc1cccc(C2C3=CCC4C(=O)N(C5CCN(Cc6ccccc6)CC5)C(=O)C4C3CC3=C2C(=O)C=C(C)C3=O)c1O. The van der Waals surface area contributed by atoms with Crippen molar-refractivity contribution in [1.82, 2.24) is 9.80 Å². The third kappa shape index (κ3) is 4.85. The summed E-state index contributed by atoms with van der Waals surface area (Å²) in [4.78, 5) is 59.3. The van der Waals surface area contributed by atoms with Crippen molar-refractivity contribution in [2.24, 2.45) is 17.8 Å². The number of imide groups is 1. The Hall–Kier alpha value is -4.36. The lowest BCUT2D eigenvalue weighted by atomic mass is 9.59. The molecule has 4 unspecified atom stereocenters. The molecule has 2 saturated heterocycles. The number of phenolic OH excluding ortho intramolecular Hbond substituents is 1. The molecule has 230 valence electrons. The minimum absolute atomic E-state index is 0.0714. The molecule has 5 aliphatic rings. The smallest absolute Gasteiger partial charge is 0.233 e. The lowest BCUT2D eigenvalue weighted by molar-refractivity contribution is -0.144. The summed E-state index contributed by atoms with van der Waals surface area (Å²) in [6.07, 6.45) is 7.66. The molecule has 4 atom stereocenters. The molecule has 45 heavy (non-hydrogen) atoms. The van der Waals surface area contributed by atoms with Crippen LogP contribution in [0.15, 0.2) is 95.6 Å². The maximum absolute atomic E-state index is 14.3. The van der Waals surface area contributed by atoms with Gasteiger partial charge >= 0.3 is 0 Å². The van der Waals surface area contributed by atoms with Crippen LogP contribution >= 0.6 is 0 Å². The van der Waals surface area contributed by atoms with Crippen LogP contribution in [-0.4, -0.2) is 57.4 Å². The van der Waals surface area contributed by atoms with Crippen LogP contribution in [0.4, 0.5) is 0 Å². The largest absolute Gasteiger partial charge is 0.507 e. The van der Waals surface area contributed by atoms with Crippen LogP contribution < -0.4 is 0 Å². The lowest BCUT2D eigenvalue weighted by Crippen LogP contribution is -2.47. The average Bonchev–Trinajstić information content (AvgIpc) is 3.30. The first-order valence-electron chi connectivity index (χ1n) is 16.0. The van der Waals surface area contributed by atoms with Crippen molar-refractivity contribution < 1.29 is 24.3 Å². The van der Waals surface area contributed by atoms with Crippen LogP contribution in [0.2, 0.25) is 0 Å². The summed E-state index contributed by atoms with van der Waals surface area (Å²) in [6, 6.07) is 15.6. The van der Waals surface area contributed by atoms with E-state index >= 15 is 0 Å². The second-order valence-corrected chi connectivity index (χ2v) is 13.1. The summed E-state index contributed by atoms with van der Waals surface area (Å²) in [6.45, 7) is 7.91. The van der Waals surface area contributed by atoms with Crippen LogP contribution in [-0.2, 0) is 32.1 Å². The van der Waals surface area contributed by atoms with E-state index < -0.39 is 23.7 Å². The Kier molecular flexibility index (Phi) is 7.52. The Labute approximate surface area is 263 Å². The third-order valence-electron chi connectivity index (χ3n) is 10.6. The summed E-state index contributed by atoms with van der Waals surface area (Å²) >= 11 is 0. The van der Waals surface area contributed by atoms with Gasteiger partial charge in [-0.15, -0.1) is 6.58 Å². The number of hydrogen-bond acceptors (Lipinski definition) is 6. The summed E-state index contributed by atoms with van der Waals surface area (Å²) in [5.41, 5.74) is 4.50. The Morgan fingerprint density at radius 3 is 2.44 bits per heavy atom. The van der Waals surface area contributed by atoms with E-state index in [4.69, 9.17) is 0 Å². The van der Waals surface area contributed by atoms with Crippen molar-refractivity contribution in [2.75, 3.05) is 13.1 Å². The predicted molar refractivity (Wildman–Crippen MR) is 170 cm³/mol. The number of benzene rings is 2. The van der Waals surface area contributed by atoms with Crippen molar-refractivity contribution >= 4 is 23.4 Å². The second kappa shape index (κ2) is 11.5. The predicted octanol–water partition coefficient (Wildman–Crippen LogP) is 5.21. The van der Waals surface area contributed by atoms with Gasteiger partial charge in [-0.1, -0.05) is 66.3 Å². The van der Waals surface area contributed by atoms with Gasteiger partial charge in [-0.3, -0.25) is 29.0 Å². The van der Waals surface area contributed by atoms with Gasteiger partial charge in [-0.2, -0.15) is 0 Å². The van der Waals surface area contributed by atoms with Gasteiger partial charge in [0.2, 0.25) is 11.8 Å². The van der Waals surface area contributed by atoms with Crippen molar-refractivity contribution in [3.63, 3.8) is 0 Å². The molecule has 0 radical (unpaired) electrons. The number of aromatic hydroxyl groups is 1. The molecule has 1 N–H and O–H groups in total. The van der Waals surface area contributed by atoms with Crippen LogP contribution in [0, 0.1) is 17.8 Å². The number of para-hydroxylation sites is 1. The standard InChI is InChI=1S/C38H38N2O5/c1-3-8-24-11-7-12-27(36(24)43)32-26-13-14-28-33(29(26)20-30-34(32)31(41)19-22(2)35(30)42)38(45)40(37(28)44)25-15-17-39(18-16-25)21-23-9-5-4-6-10-23/h3-7,9-13,19,25,28-29,32-33,43H,1,8,14-18,20-21H2,2H3. The number of ketones is 2. The number of allylic oxidation sites excluding steroid dienone is 7. The molecule has 0 aromatic heterocycles. The minimum atomic E-state index is -0.663. The normalized spacial score (nSPS) is 27.2. The molecule has 7 nitrogen and oxygen atoms in total. The molecule has 2 amide bonds. The number of carbonyl (C=O) groups excluding carboxylic acids is 4. The van der Waals surface area contributed by atoms with Gasteiger partial charge in [-0.05, 0) is 62.1 Å². The number of carbonyl (C=O) groups is 4. The van der Waals surface area contributed by atoms with E-state index in [-0.39, 0.29) is 41.6 Å². The number of fused-ring (bicyclic) bond motifs is 3.